The van der Waals surface area contributed by atoms with Crippen LogP contribution in [0.25, 0.3) is 0 Å². The molecule has 0 saturated heterocycles. The Morgan fingerprint density at radius 2 is 0.889 bits per heavy atom. The maximum absolute atomic E-state index is 2.41. The summed E-state index contributed by atoms with van der Waals surface area (Å²) in [5.41, 5.74) is 1.60. The SMILES string of the molecule is C.CC.CC.CC.CC.CCCC1(C)CC1.CCCCC1(C)CC1.[I][V][I]. The number of unbranched alkanes of at least 4 members (excludes halogenated alkanes) is 1. The van der Waals surface area contributed by atoms with Gasteiger partial charge >= 0.3 is 49.4 Å². The van der Waals surface area contributed by atoms with Gasteiger partial charge in [-0.25, -0.2) is 0 Å². The third kappa shape index (κ3) is 43.0. The average Bonchev–Trinajstić information content (AvgIpc) is 3.61. The molecule has 3 heteroatoms. The van der Waals surface area contributed by atoms with Crippen molar-refractivity contribution in [1.29, 1.82) is 0 Å². The van der Waals surface area contributed by atoms with E-state index in [-0.39, 0.29) is 7.43 Å². The first-order chi connectivity index (χ1) is 12.4. The van der Waals surface area contributed by atoms with Crippen LogP contribution in [0.1, 0.15) is 148 Å². The average molecular weight is 651 g/mol. The Bertz CT molecular complexity index is 201. The molecular formula is C24H58I2V. The molecule has 0 aromatic heterocycles. The van der Waals surface area contributed by atoms with E-state index in [0.717, 1.165) is 10.8 Å². The van der Waals surface area contributed by atoms with Crippen molar-refractivity contribution < 1.29 is 9.47 Å². The minimum atomic E-state index is 0. The Morgan fingerprint density at radius 1 is 0.630 bits per heavy atom. The summed E-state index contributed by atoms with van der Waals surface area (Å²) >= 11 is 4.74. The van der Waals surface area contributed by atoms with E-state index in [1.54, 1.807) is 0 Å². The third-order valence-corrected chi connectivity index (χ3v) is 4.19. The zero-order valence-electron chi connectivity index (χ0n) is 20.6. The molecule has 0 amide bonds. The van der Waals surface area contributed by atoms with E-state index < -0.39 is 0 Å². The summed E-state index contributed by atoms with van der Waals surface area (Å²) in [6.45, 7) is 25.3. The molecule has 2 aliphatic carbocycles. The van der Waals surface area contributed by atoms with Gasteiger partial charge in [0.05, 0.1) is 0 Å². The predicted octanol–water partition coefficient (Wildman–Crippen LogP) is 12.1. The van der Waals surface area contributed by atoms with Gasteiger partial charge in [0.25, 0.3) is 0 Å². The first-order valence-corrected chi connectivity index (χ1v) is 20.4. The van der Waals surface area contributed by atoms with Crippen LogP contribution in [0, 0.1) is 10.8 Å². The second-order valence-corrected chi connectivity index (χ2v) is 18.3. The predicted molar refractivity (Wildman–Crippen MR) is 149 cm³/mol. The summed E-state index contributed by atoms with van der Waals surface area (Å²) < 4.78 is 0. The molecule has 0 N–H and O–H groups in total. The number of hydrogen-bond donors (Lipinski definition) is 0. The Morgan fingerprint density at radius 3 is 1.04 bits per heavy atom. The van der Waals surface area contributed by atoms with Gasteiger partial charge in [-0.05, 0) is 49.4 Å². The van der Waals surface area contributed by atoms with Gasteiger partial charge in [-0.3, -0.25) is 0 Å². The molecule has 0 spiro atoms. The van der Waals surface area contributed by atoms with Crippen LogP contribution in [0.4, 0.5) is 0 Å². The standard InChI is InChI=1S/C8H16.C7H14.4C2H6.CH4.2HI.V/c1-3-4-5-8(2)6-7-8;1-3-4-7(2)5-6-7;4*1-2;;;;/h3-7H2,1-2H3;3-6H2,1-2H3;4*1-2H3;1H4;2*1H;/q;;;;;;;;;+2/p-2. The molecule has 0 aromatic rings. The Labute approximate surface area is 206 Å². The normalized spacial score (nSPS) is 14.7. The van der Waals surface area contributed by atoms with Crippen molar-refractivity contribution in [2.45, 2.75) is 148 Å². The molecule has 0 bridgehead atoms. The third-order valence-electron chi connectivity index (χ3n) is 4.19. The zero-order valence-corrected chi connectivity index (χ0v) is 26.3. The molecule has 0 nitrogen and oxygen atoms in total. The second kappa shape index (κ2) is 35.5. The Balaban J connectivity index is -0.0000000533. The molecule has 0 aromatic carbocycles. The van der Waals surface area contributed by atoms with Gasteiger partial charge in [-0.15, -0.1) is 0 Å². The van der Waals surface area contributed by atoms with Gasteiger partial charge in [-0.1, -0.05) is 110 Å². The Hall–Kier alpha value is 2.04. The molecule has 0 radical (unpaired) electrons. The fourth-order valence-corrected chi connectivity index (χ4v) is 2.13. The van der Waals surface area contributed by atoms with Crippen LogP contribution in [-0.4, -0.2) is 0 Å². The van der Waals surface area contributed by atoms with Gasteiger partial charge in [0.1, 0.15) is 0 Å². The monoisotopic (exact) mass is 651 g/mol. The van der Waals surface area contributed by atoms with Crippen molar-refractivity contribution in [2.75, 3.05) is 0 Å². The van der Waals surface area contributed by atoms with Crippen LogP contribution < -0.4 is 0 Å². The molecule has 2 fully saturated rings. The summed E-state index contributed by atoms with van der Waals surface area (Å²) in [6.07, 6.45) is 13.1. The van der Waals surface area contributed by atoms with Gasteiger partial charge in [0.2, 0.25) is 0 Å². The number of halogens is 2. The molecule has 27 heavy (non-hydrogen) atoms. The van der Waals surface area contributed by atoms with Crippen molar-refractivity contribution in [3.63, 3.8) is 0 Å². The van der Waals surface area contributed by atoms with Crippen molar-refractivity contribution in [1.82, 2.24) is 0 Å². The molecular weight excluding hydrogens is 593 g/mol. The minimum absolute atomic E-state index is 0. The van der Waals surface area contributed by atoms with Crippen molar-refractivity contribution in [3.8, 4) is 0 Å². The summed E-state index contributed by atoms with van der Waals surface area (Å²) in [4.78, 5) is 0. The van der Waals surface area contributed by atoms with Crippen LogP contribution >= 0.6 is 40.0 Å². The van der Waals surface area contributed by atoms with E-state index in [4.69, 9.17) is 0 Å². The molecule has 2 aliphatic rings. The number of rotatable bonds is 5. The molecule has 0 aliphatic heterocycles. The van der Waals surface area contributed by atoms with Crippen LogP contribution in [0.5, 0.6) is 0 Å². The second-order valence-electron chi connectivity index (χ2n) is 6.54. The fraction of sp³-hybridized carbons (Fsp3) is 1.00. The first-order valence-electron chi connectivity index (χ1n) is 11.4. The first kappa shape index (κ1) is 43.0. The molecule has 0 unspecified atom stereocenters. The molecule has 173 valence electrons. The quantitative estimate of drug-likeness (QED) is 0.260. The Kier molecular flexibility index (Phi) is 56.5. The van der Waals surface area contributed by atoms with E-state index in [0.29, 0.717) is 9.47 Å². The van der Waals surface area contributed by atoms with E-state index in [9.17, 15) is 0 Å². The van der Waals surface area contributed by atoms with Gasteiger partial charge < -0.3 is 0 Å². The number of hydrogen-bond acceptors (Lipinski definition) is 0. The zero-order chi connectivity index (χ0) is 22.1. The van der Waals surface area contributed by atoms with Crippen molar-refractivity contribution in [3.05, 3.63) is 0 Å². The van der Waals surface area contributed by atoms with E-state index in [1.807, 2.05) is 55.4 Å². The summed E-state index contributed by atoms with van der Waals surface area (Å²) in [5, 5.41) is 0. The van der Waals surface area contributed by atoms with Crippen molar-refractivity contribution in [2.24, 2.45) is 10.8 Å². The topological polar surface area (TPSA) is 0 Å². The molecule has 2 saturated carbocycles. The summed E-state index contributed by atoms with van der Waals surface area (Å²) in [6, 6.07) is 0. The van der Waals surface area contributed by atoms with E-state index >= 15 is 0 Å². The molecule has 0 atom stereocenters. The van der Waals surface area contributed by atoms with Crippen molar-refractivity contribution >= 4 is 40.0 Å². The fourth-order valence-electron chi connectivity index (χ4n) is 2.13. The van der Waals surface area contributed by atoms with Crippen LogP contribution in [0.2, 0.25) is 0 Å². The van der Waals surface area contributed by atoms with Crippen LogP contribution in [-0.2, 0) is 9.47 Å². The maximum atomic E-state index is 2.41. The summed E-state index contributed by atoms with van der Waals surface area (Å²) in [7, 11) is 0.628. The van der Waals surface area contributed by atoms with Crippen LogP contribution in [0.15, 0.2) is 0 Å². The molecule has 0 heterocycles. The van der Waals surface area contributed by atoms with E-state index in [2.05, 4.69) is 67.7 Å². The summed E-state index contributed by atoms with van der Waals surface area (Å²) in [5.74, 6) is 0. The van der Waals surface area contributed by atoms with Gasteiger partial charge in [0, 0.05) is 0 Å². The van der Waals surface area contributed by atoms with Gasteiger partial charge in [-0.2, -0.15) is 0 Å². The van der Waals surface area contributed by atoms with Crippen LogP contribution in [0.3, 0.4) is 0 Å². The van der Waals surface area contributed by atoms with E-state index in [1.165, 1.54) is 57.8 Å². The molecule has 2 rings (SSSR count). The van der Waals surface area contributed by atoms with Gasteiger partial charge in [0.15, 0.2) is 0 Å².